The Labute approximate surface area is 316 Å². The van der Waals surface area contributed by atoms with Crippen LogP contribution in [0, 0.1) is 17.8 Å². The zero-order chi connectivity index (χ0) is 36.6. The Morgan fingerprint density at radius 3 is 2.32 bits per heavy atom. The predicted molar refractivity (Wildman–Crippen MR) is 201 cm³/mol. The average Bonchev–Trinajstić information content (AvgIpc) is 3.74. The number of primary amides is 1. The third kappa shape index (κ3) is 8.14. The highest BCUT2D eigenvalue weighted by Gasteiger charge is 2.52. The Morgan fingerprint density at radius 2 is 1.58 bits per heavy atom. The fourth-order valence-corrected chi connectivity index (χ4v) is 11.9. The molecule has 2 aliphatic carbocycles. The molecule has 6 heterocycles. The summed E-state index contributed by atoms with van der Waals surface area (Å²) in [5.74, 6) is 1.51. The number of likely N-dealkylation sites (N-methyl/N-ethyl adjacent to an activating group) is 1. The van der Waals surface area contributed by atoms with Gasteiger partial charge in [0, 0.05) is 45.2 Å². The van der Waals surface area contributed by atoms with Gasteiger partial charge in [0.25, 0.3) is 0 Å². The lowest BCUT2D eigenvalue weighted by molar-refractivity contribution is -0.137. The van der Waals surface area contributed by atoms with E-state index in [2.05, 4.69) is 36.0 Å². The van der Waals surface area contributed by atoms with Gasteiger partial charge in [-0.2, -0.15) is 0 Å². The molecule has 6 aliphatic heterocycles. The maximum atomic E-state index is 13.3. The molecule has 8 aliphatic rings. The number of hydrogen-bond acceptors (Lipinski definition) is 10. The monoisotopic (exact) mass is 739 g/mol. The smallest absolute Gasteiger partial charge is 0.321 e. The first-order chi connectivity index (χ1) is 25.7. The van der Waals surface area contributed by atoms with Crippen LogP contribution in [0.15, 0.2) is 0 Å². The van der Waals surface area contributed by atoms with Crippen LogP contribution in [0.4, 0.5) is 4.79 Å². The van der Waals surface area contributed by atoms with Gasteiger partial charge in [-0.25, -0.2) is 4.79 Å². The third-order valence-electron chi connectivity index (χ3n) is 14.9. The van der Waals surface area contributed by atoms with Crippen LogP contribution in [0.2, 0.25) is 0 Å². The predicted octanol–water partition coefficient (Wildman–Crippen LogP) is 0.816. The summed E-state index contributed by atoms with van der Waals surface area (Å²) in [6, 6.07) is 0.118. The molecule has 0 bridgehead atoms. The number of nitrogens with one attached hydrogen (secondary N) is 4. The number of piperidine rings is 3. The molecular formula is C39H66N10O4. The van der Waals surface area contributed by atoms with Crippen molar-refractivity contribution in [2.75, 3.05) is 59.4 Å². The molecule has 14 nitrogen and oxygen atoms in total. The van der Waals surface area contributed by atoms with Gasteiger partial charge in [-0.1, -0.05) is 6.42 Å². The molecule has 6 unspecified atom stereocenters. The first-order valence-corrected chi connectivity index (χ1v) is 21.4. The molecule has 296 valence electrons. The van der Waals surface area contributed by atoms with Gasteiger partial charge in [0.05, 0.1) is 24.4 Å². The van der Waals surface area contributed by atoms with Crippen molar-refractivity contribution in [2.45, 2.75) is 145 Å². The summed E-state index contributed by atoms with van der Waals surface area (Å²) >= 11 is 0. The van der Waals surface area contributed by atoms with Crippen molar-refractivity contribution in [3.8, 4) is 0 Å². The zero-order valence-corrected chi connectivity index (χ0v) is 32.1. The molecule has 8 atom stereocenters. The molecule has 2 saturated carbocycles. The Morgan fingerprint density at radius 1 is 0.830 bits per heavy atom. The number of fused-ring (bicyclic) bond motifs is 1. The van der Waals surface area contributed by atoms with Crippen molar-refractivity contribution in [3.63, 3.8) is 0 Å². The van der Waals surface area contributed by atoms with E-state index in [-0.39, 0.29) is 54.2 Å². The van der Waals surface area contributed by atoms with E-state index in [1.165, 1.54) is 83.8 Å². The Balaban J connectivity index is 0.752. The summed E-state index contributed by atoms with van der Waals surface area (Å²) in [5.41, 5.74) is 5.84. The van der Waals surface area contributed by atoms with Gasteiger partial charge in [0.15, 0.2) is 0 Å². The molecule has 14 heteroatoms. The van der Waals surface area contributed by atoms with Gasteiger partial charge in [-0.05, 0) is 134 Å². The van der Waals surface area contributed by atoms with Gasteiger partial charge >= 0.3 is 6.03 Å². The first-order valence-electron chi connectivity index (χ1n) is 21.4. The van der Waals surface area contributed by atoms with Crippen LogP contribution in [0.25, 0.3) is 0 Å². The maximum absolute atomic E-state index is 13.3. The van der Waals surface area contributed by atoms with E-state index in [4.69, 9.17) is 5.73 Å². The number of imide groups is 1. The number of nitrogens with zero attached hydrogens (tertiary/aromatic N) is 5. The van der Waals surface area contributed by atoms with E-state index in [1.54, 1.807) is 4.90 Å². The molecule has 53 heavy (non-hydrogen) atoms. The van der Waals surface area contributed by atoms with Gasteiger partial charge < -0.3 is 25.8 Å². The quantitative estimate of drug-likeness (QED) is 0.215. The van der Waals surface area contributed by atoms with Crippen molar-refractivity contribution in [1.29, 1.82) is 0 Å². The Kier molecular flexibility index (Phi) is 11.6. The maximum Gasteiger partial charge on any atom is 0.321 e. The van der Waals surface area contributed by atoms with Crippen LogP contribution >= 0.6 is 0 Å². The molecule has 8 rings (SSSR count). The fraction of sp³-hybridized carbons (Fsp3) is 0.897. The summed E-state index contributed by atoms with van der Waals surface area (Å²) < 4.78 is 0. The summed E-state index contributed by atoms with van der Waals surface area (Å²) in [6.45, 7) is 8.91. The van der Waals surface area contributed by atoms with Gasteiger partial charge in [-0.3, -0.25) is 40.1 Å². The number of hydrogen-bond donors (Lipinski definition) is 5. The van der Waals surface area contributed by atoms with Gasteiger partial charge in [-0.15, -0.1) is 0 Å². The third-order valence-corrected chi connectivity index (χ3v) is 14.9. The number of rotatable bonds is 9. The van der Waals surface area contributed by atoms with Crippen molar-refractivity contribution >= 4 is 23.8 Å². The molecule has 6 saturated heterocycles. The Bertz CT molecular complexity index is 1330. The second-order valence-electron chi connectivity index (χ2n) is 18.0. The highest BCUT2D eigenvalue weighted by atomic mass is 16.2. The van der Waals surface area contributed by atoms with Crippen LogP contribution in [0.1, 0.15) is 96.3 Å². The lowest BCUT2D eigenvalue weighted by Gasteiger charge is -2.45. The van der Waals surface area contributed by atoms with Crippen molar-refractivity contribution in [3.05, 3.63) is 0 Å². The van der Waals surface area contributed by atoms with Crippen LogP contribution in [-0.4, -0.2) is 156 Å². The summed E-state index contributed by atoms with van der Waals surface area (Å²) in [4.78, 5) is 61.7. The minimum absolute atomic E-state index is 0.0520. The second kappa shape index (κ2) is 16.4. The first kappa shape index (κ1) is 37.6. The molecular weight excluding hydrogens is 672 g/mol. The van der Waals surface area contributed by atoms with E-state index < -0.39 is 6.04 Å². The van der Waals surface area contributed by atoms with Crippen molar-refractivity contribution in [1.82, 2.24) is 45.8 Å². The highest BCUT2D eigenvalue weighted by Crippen LogP contribution is 2.40. The largest absolute Gasteiger partial charge is 0.368 e. The number of carbonyl (C=O) groups excluding carboxylic acids is 4. The Hall–Kier alpha value is -2.36. The molecule has 8 fully saturated rings. The van der Waals surface area contributed by atoms with Crippen molar-refractivity contribution < 1.29 is 19.2 Å². The van der Waals surface area contributed by atoms with E-state index >= 15 is 0 Å². The molecule has 0 aromatic heterocycles. The number of piperazine rings is 1. The van der Waals surface area contributed by atoms with Crippen molar-refractivity contribution in [2.24, 2.45) is 23.5 Å². The zero-order valence-electron chi connectivity index (χ0n) is 32.1. The van der Waals surface area contributed by atoms with Gasteiger partial charge in [0.2, 0.25) is 17.7 Å². The number of carbonyl (C=O) groups is 4. The minimum Gasteiger partial charge on any atom is -0.368 e. The van der Waals surface area contributed by atoms with E-state index in [9.17, 15) is 19.2 Å². The van der Waals surface area contributed by atoms with Crippen LogP contribution in [-0.2, 0) is 14.4 Å². The van der Waals surface area contributed by atoms with E-state index in [0.717, 1.165) is 63.8 Å². The number of likely N-dealkylation sites (tertiary alicyclic amines) is 3. The van der Waals surface area contributed by atoms with Crippen LogP contribution in [0.5, 0.6) is 0 Å². The lowest BCUT2D eigenvalue weighted by Crippen LogP contribution is -2.73. The highest BCUT2D eigenvalue weighted by molar-refractivity contribution is 6.01. The summed E-state index contributed by atoms with van der Waals surface area (Å²) in [6.07, 6.45) is 16.3. The second-order valence-corrected chi connectivity index (χ2v) is 18.0. The summed E-state index contributed by atoms with van der Waals surface area (Å²) in [5, 5.41) is 13.5. The molecule has 0 spiro atoms. The standard InChI is InChI=1S/C39H66N10O4/c1-45-32-21-29(9-10-30(32)49(39(45)53)31-11-12-34(50)44-38(31)52)48-20-13-25(24-48)23-46-18-14-27(15-19-46)26-5-7-28(8-6-26)42-37-35(36(40)51)41-22-33(43-37)47-16-3-2-4-17-47/h25-33,35,37,41-43H,2-24H2,1H3,(H2,40,51)(H,44,50,52)/t25-,26?,28?,29?,30?,31+,32?,33?,35?,37?/m0/s1. The molecule has 0 aromatic rings. The van der Waals surface area contributed by atoms with E-state index in [0.29, 0.717) is 30.8 Å². The SMILES string of the molecule is CN1C(=O)N([C@@H]2CCC(=O)NC2=O)C2CCC(N3CC[C@@H](CN4CCC(C5CCC(NC6NC(N7CCCCC7)CNC6C(N)=O)CC5)CC4)C3)CC21. The normalized spacial score (nSPS) is 40.1. The number of nitrogens with two attached hydrogens (primary N) is 1. The van der Waals surface area contributed by atoms with Gasteiger partial charge in [0.1, 0.15) is 12.1 Å². The molecule has 0 radical (unpaired) electrons. The molecule has 0 aromatic carbocycles. The average molecular weight is 739 g/mol. The lowest BCUT2D eigenvalue weighted by atomic mass is 9.74. The minimum atomic E-state index is -0.529. The van der Waals surface area contributed by atoms with Crippen LogP contribution < -0.4 is 27.0 Å². The fourth-order valence-electron chi connectivity index (χ4n) is 11.9. The molecule has 5 amide bonds. The molecule has 6 N–H and O–H groups in total. The number of urea groups is 1. The van der Waals surface area contributed by atoms with Crippen LogP contribution in [0.3, 0.4) is 0 Å². The topological polar surface area (TPSA) is 159 Å². The van der Waals surface area contributed by atoms with E-state index in [1.807, 2.05) is 11.9 Å². The number of amides is 5. The summed E-state index contributed by atoms with van der Waals surface area (Å²) in [7, 11) is 1.89.